The lowest BCUT2D eigenvalue weighted by atomic mass is 9.93. The highest BCUT2D eigenvalue weighted by Crippen LogP contribution is 2.32. The first-order valence-corrected chi connectivity index (χ1v) is 9.91. The Labute approximate surface area is 161 Å². The third kappa shape index (κ3) is 5.69. The number of aliphatic hydroxyl groups is 1. The molecule has 136 valence electrons. The van der Waals surface area contributed by atoms with Crippen LogP contribution in [-0.4, -0.2) is 36.6 Å². The van der Waals surface area contributed by atoms with Crippen LogP contribution in [0, 0.1) is 3.57 Å². The van der Waals surface area contributed by atoms with Crippen LogP contribution in [0.3, 0.4) is 0 Å². The van der Waals surface area contributed by atoms with Crippen molar-refractivity contribution in [1.82, 2.24) is 5.32 Å². The van der Waals surface area contributed by atoms with Crippen molar-refractivity contribution in [3.63, 3.8) is 0 Å². The van der Waals surface area contributed by atoms with Gasteiger partial charge in [0, 0.05) is 28.6 Å². The Hall–Kier alpha value is -1.12. The molecule has 0 radical (unpaired) electrons. The Morgan fingerprint density at radius 1 is 1.28 bits per heavy atom. The van der Waals surface area contributed by atoms with Crippen LogP contribution in [0.1, 0.15) is 43.6 Å². The molecule has 3 rings (SSSR count). The van der Waals surface area contributed by atoms with Crippen LogP contribution in [-0.2, 0) is 14.3 Å². The van der Waals surface area contributed by atoms with Crippen molar-refractivity contribution in [2.45, 2.75) is 50.4 Å². The normalized spacial score (nSPS) is 22.9. The van der Waals surface area contributed by atoms with E-state index in [1.165, 1.54) is 3.57 Å². The molecule has 1 fully saturated rings. The highest BCUT2D eigenvalue weighted by atomic mass is 127. The molecule has 2 N–H and O–H groups in total. The highest BCUT2D eigenvalue weighted by molar-refractivity contribution is 14.1. The van der Waals surface area contributed by atoms with E-state index in [1.807, 2.05) is 6.08 Å². The van der Waals surface area contributed by atoms with Crippen molar-refractivity contribution in [3.05, 3.63) is 45.2 Å². The summed E-state index contributed by atoms with van der Waals surface area (Å²) in [6.07, 6.45) is 5.72. The molecule has 1 amide bonds. The number of hydrogen-bond acceptors (Lipinski definition) is 4. The summed E-state index contributed by atoms with van der Waals surface area (Å²) in [5.41, 5.74) is 1.16. The number of halogens is 1. The van der Waals surface area contributed by atoms with Crippen LogP contribution < -0.4 is 5.32 Å². The molecule has 1 heterocycles. The molecule has 1 aliphatic heterocycles. The van der Waals surface area contributed by atoms with Gasteiger partial charge < -0.3 is 19.9 Å². The first-order valence-electron chi connectivity index (χ1n) is 8.83. The fourth-order valence-electron chi connectivity index (χ4n) is 2.77. The molecular formula is C19H24INO4. The number of carbonyl (C=O) groups excluding carboxylic acids is 1. The third-order valence-electron chi connectivity index (χ3n) is 4.35. The van der Waals surface area contributed by atoms with Crippen molar-refractivity contribution in [3.8, 4) is 0 Å². The summed E-state index contributed by atoms with van der Waals surface area (Å²) in [5, 5.41) is 11.9. The highest BCUT2D eigenvalue weighted by Gasteiger charge is 2.31. The molecule has 1 saturated carbocycles. The van der Waals surface area contributed by atoms with Crippen LogP contribution in [0.2, 0.25) is 0 Å². The zero-order chi connectivity index (χ0) is 17.6. The summed E-state index contributed by atoms with van der Waals surface area (Å²) in [7, 11) is 0. The van der Waals surface area contributed by atoms with Crippen LogP contribution in [0.25, 0.3) is 0 Å². The summed E-state index contributed by atoms with van der Waals surface area (Å²) < 4.78 is 12.8. The molecule has 2 aliphatic rings. The molecule has 0 saturated heterocycles. The number of amides is 1. The Bertz CT molecular complexity index is 612. The Morgan fingerprint density at radius 2 is 2.04 bits per heavy atom. The van der Waals surface area contributed by atoms with Crippen molar-refractivity contribution >= 4 is 28.5 Å². The summed E-state index contributed by atoms with van der Waals surface area (Å²) >= 11 is 2.28. The van der Waals surface area contributed by atoms with E-state index in [1.54, 1.807) is 0 Å². The molecule has 5 nitrogen and oxygen atoms in total. The largest absolute Gasteiger partial charge is 0.459 e. The minimum absolute atomic E-state index is 0.0912. The van der Waals surface area contributed by atoms with Crippen molar-refractivity contribution in [2.75, 3.05) is 13.2 Å². The van der Waals surface area contributed by atoms with Gasteiger partial charge in [0.1, 0.15) is 0 Å². The Kier molecular flexibility index (Phi) is 6.72. The number of allylic oxidation sites excluding steroid dienone is 1. The summed E-state index contributed by atoms with van der Waals surface area (Å²) in [4.78, 5) is 12.4. The van der Waals surface area contributed by atoms with E-state index in [2.05, 4.69) is 52.2 Å². The van der Waals surface area contributed by atoms with E-state index in [0.29, 0.717) is 31.2 Å². The Morgan fingerprint density at radius 3 is 2.72 bits per heavy atom. The zero-order valence-electron chi connectivity index (χ0n) is 14.1. The van der Waals surface area contributed by atoms with Gasteiger partial charge in [0.15, 0.2) is 5.76 Å². The third-order valence-corrected chi connectivity index (χ3v) is 5.07. The van der Waals surface area contributed by atoms with Gasteiger partial charge in [-0.3, -0.25) is 4.79 Å². The molecule has 0 unspecified atom stereocenters. The number of unbranched alkanes of at least 4 members (excludes halogenated alkanes) is 1. The van der Waals surface area contributed by atoms with Crippen molar-refractivity contribution in [1.29, 1.82) is 0 Å². The monoisotopic (exact) mass is 457 g/mol. The molecule has 0 spiro atoms. The molecule has 1 aromatic rings. The number of ether oxygens (including phenoxy) is 2. The predicted molar refractivity (Wildman–Crippen MR) is 103 cm³/mol. The molecule has 1 aliphatic carbocycles. The van der Waals surface area contributed by atoms with Gasteiger partial charge in [0.2, 0.25) is 6.29 Å². The lowest BCUT2D eigenvalue weighted by molar-refractivity contribution is -0.146. The fourth-order valence-corrected chi connectivity index (χ4v) is 3.13. The van der Waals surface area contributed by atoms with Crippen LogP contribution in [0.4, 0.5) is 0 Å². The second kappa shape index (κ2) is 9.00. The van der Waals surface area contributed by atoms with Gasteiger partial charge >= 0.3 is 0 Å². The summed E-state index contributed by atoms with van der Waals surface area (Å²) in [5.74, 6) is 0.295. The van der Waals surface area contributed by atoms with Gasteiger partial charge in [0.25, 0.3) is 5.91 Å². The fraction of sp³-hybridized carbons (Fsp3) is 0.526. The standard InChI is InChI=1S/C19H24INO4/c20-15-5-3-13(4-6-15)14-11-17(19(23)21-16-7-8-16)25-18(12-14)24-10-2-1-9-22/h3-6,11,14,16,18,22H,1-2,7-10,12H2,(H,21,23)/t14-,18+/m1/s1. The van der Waals surface area contributed by atoms with Gasteiger partial charge in [-0.15, -0.1) is 0 Å². The van der Waals surface area contributed by atoms with Gasteiger partial charge in [-0.25, -0.2) is 0 Å². The lowest BCUT2D eigenvalue weighted by Gasteiger charge is -2.29. The average molecular weight is 457 g/mol. The van der Waals surface area contributed by atoms with Crippen LogP contribution in [0.5, 0.6) is 0 Å². The first kappa shape index (κ1) is 18.7. The number of hydrogen-bond donors (Lipinski definition) is 2. The Balaban J connectivity index is 1.69. The second-order valence-corrected chi connectivity index (χ2v) is 7.77. The maximum atomic E-state index is 12.4. The number of nitrogens with one attached hydrogen (secondary N) is 1. The predicted octanol–water partition coefficient (Wildman–Crippen LogP) is 3.07. The molecular weight excluding hydrogens is 433 g/mol. The van der Waals surface area contributed by atoms with Crippen molar-refractivity contribution in [2.24, 2.45) is 0 Å². The second-order valence-electron chi connectivity index (χ2n) is 6.52. The lowest BCUT2D eigenvalue weighted by Crippen LogP contribution is -2.34. The number of carbonyl (C=O) groups is 1. The van der Waals surface area contributed by atoms with Gasteiger partial charge in [-0.05, 0) is 72.0 Å². The van der Waals surface area contributed by atoms with Gasteiger partial charge in [0.05, 0.1) is 6.61 Å². The van der Waals surface area contributed by atoms with E-state index in [-0.39, 0.29) is 18.4 Å². The minimum atomic E-state index is -0.437. The smallest absolute Gasteiger partial charge is 0.286 e. The van der Waals surface area contributed by atoms with Crippen LogP contribution in [0.15, 0.2) is 36.1 Å². The van der Waals surface area contributed by atoms with Crippen LogP contribution >= 0.6 is 22.6 Å². The molecule has 2 atom stereocenters. The maximum absolute atomic E-state index is 12.4. The molecule has 25 heavy (non-hydrogen) atoms. The minimum Gasteiger partial charge on any atom is -0.459 e. The molecule has 0 bridgehead atoms. The van der Waals surface area contributed by atoms with Crippen molar-refractivity contribution < 1.29 is 19.4 Å². The summed E-state index contributed by atoms with van der Waals surface area (Å²) in [6.45, 7) is 0.678. The summed E-state index contributed by atoms with van der Waals surface area (Å²) in [6, 6.07) is 8.61. The number of rotatable bonds is 8. The van der Waals surface area contributed by atoms with Gasteiger partial charge in [-0.1, -0.05) is 12.1 Å². The first-order chi connectivity index (χ1) is 12.2. The molecule has 1 aromatic carbocycles. The topological polar surface area (TPSA) is 67.8 Å². The SMILES string of the molecule is O=C(NC1CC1)C1=C[C@@H](c2ccc(I)cc2)C[C@@H](OCCCCO)O1. The van der Waals surface area contributed by atoms with E-state index in [4.69, 9.17) is 14.6 Å². The number of aliphatic hydroxyl groups excluding tert-OH is 1. The molecule has 6 heteroatoms. The maximum Gasteiger partial charge on any atom is 0.286 e. The van der Waals surface area contributed by atoms with E-state index in [9.17, 15) is 4.79 Å². The quantitative estimate of drug-likeness (QED) is 0.465. The van der Waals surface area contributed by atoms with Gasteiger partial charge in [-0.2, -0.15) is 0 Å². The number of benzene rings is 1. The average Bonchev–Trinajstić information content (AvgIpc) is 3.43. The zero-order valence-corrected chi connectivity index (χ0v) is 16.3. The van der Waals surface area contributed by atoms with E-state index >= 15 is 0 Å². The van der Waals surface area contributed by atoms with E-state index in [0.717, 1.165) is 24.8 Å². The van der Waals surface area contributed by atoms with E-state index < -0.39 is 6.29 Å². The molecule has 0 aromatic heterocycles.